The monoisotopic (exact) mass is 488 g/mol. The molecule has 6 nitrogen and oxygen atoms in total. The topological polar surface area (TPSA) is 64.2 Å². The van der Waals surface area contributed by atoms with Gasteiger partial charge in [-0.3, -0.25) is 9.48 Å². The average molecular weight is 488 g/mol. The molecule has 1 aliphatic heterocycles. The number of rotatable bonds is 3. The van der Waals surface area contributed by atoms with Crippen LogP contribution in [0.2, 0.25) is 0 Å². The lowest BCUT2D eigenvalue weighted by atomic mass is 9.84. The Morgan fingerprint density at radius 2 is 1.91 bits per heavy atom. The molecule has 1 aliphatic rings. The molecular formula is C24H17F5N4O2. The van der Waals surface area contributed by atoms with Gasteiger partial charge < -0.3 is 9.42 Å². The first-order valence-electron chi connectivity index (χ1n) is 10.5. The Balaban J connectivity index is 1.49. The summed E-state index contributed by atoms with van der Waals surface area (Å²) in [5.41, 5.74) is 0.733. The van der Waals surface area contributed by atoms with Gasteiger partial charge >= 0.3 is 6.18 Å². The van der Waals surface area contributed by atoms with Gasteiger partial charge in [0, 0.05) is 44.4 Å². The quantitative estimate of drug-likeness (QED) is 0.374. The van der Waals surface area contributed by atoms with Crippen LogP contribution in [0, 0.1) is 11.6 Å². The number of aryl methyl sites for hydroxylation is 1. The molecule has 0 N–H and O–H groups in total. The van der Waals surface area contributed by atoms with Crippen molar-refractivity contribution in [2.45, 2.75) is 18.6 Å². The fraction of sp³-hybridized carbons (Fsp3) is 0.208. The van der Waals surface area contributed by atoms with E-state index in [4.69, 9.17) is 4.52 Å². The van der Waals surface area contributed by atoms with Gasteiger partial charge in [-0.2, -0.15) is 18.3 Å². The number of nitrogens with zero attached hydrogens (tertiary/aromatic N) is 4. The fourth-order valence-corrected chi connectivity index (χ4v) is 4.24. The third kappa shape index (κ3) is 4.29. The van der Waals surface area contributed by atoms with Crippen LogP contribution in [-0.2, 0) is 19.8 Å². The summed E-state index contributed by atoms with van der Waals surface area (Å²) >= 11 is 0. The number of fused-ring (bicyclic) bond motifs is 1. The zero-order valence-electron chi connectivity index (χ0n) is 18.2. The van der Waals surface area contributed by atoms with E-state index in [1.807, 2.05) is 0 Å². The fourth-order valence-electron chi connectivity index (χ4n) is 4.24. The maximum absolute atomic E-state index is 14.1. The van der Waals surface area contributed by atoms with E-state index in [9.17, 15) is 26.7 Å². The Hall–Kier alpha value is -4.02. The SMILES string of the molecule is Cn1cc(C2CN(C(=O)c3cc(-c4ccc(F)cc4F)on3)Cc3ccc(C(F)(F)F)cc32)cn1. The Morgan fingerprint density at radius 3 is 2.60 bits per heavy atom. The molecule has 0 fully saturated rings. The number of aromatic nitrogens is 3. The molecule has 1 amide bonds. The van der Waals surface area contributed by atoms with Crippen LogP contribution in [0.25, 0.3) is 11.3 Å². The number of carbonyl (C=O) groups is 1. The molecule has 35 heavy (non-hydrogen) atoms. The number of hydrogen-bond donors (Lipinski definition) is 0. The molecule has 11 heteroatoms. The van der Waals surface area contributed by atoms with Crippen molar-refractivity contribution in [3.8, 4) is 11.3 Å². The number of carbonyl (C=O) groups excluding carboxylic acids is 1. The summed E-state index contributed by atoms with van der Waals surface area (Å²) in [5, 5.41) is 7.86. The summed E-state index contributed by atoms with van der Waals surface area (Å²) in [6, 6.07) is 7.63. The normalized spacial score (nSPS) is 15.8. The van der Waals surface area contributed by atoms with E-state index in [1.165, 1.54) is 27.8 Å². The summed E-state index contributed by atoms with van der Waals surface area (Å²) in [6.07, 6.45) is -1.27. The minimum atomic E-state index is -4.51. The second kappa shape index (κ2) is 8.33. The third-order valence-corrected chi connectivity index (χ3v) is 5.95. The predicted molar refractivity (Wildman–Crippen MR) is 113 cm³/mol. The number of hydrogen-bond acceptors (Lipinski definition) is 4. The van der Waals surface area contributed by atoms with Gasteiger partial charge in [-0.05, 0) is 41.0 Å². The molecule has 0 bridgehead atoms. The van der Waals surface area contributed by atoms with Crippen LogP contribution in [0.5, 0.6) is 0 Å². The minimum Gasteiger partial charge on any atom is -0.355 e. The van der Waals surface area contributed by atoms with Crippen molar-refractivity contribution in [2.24, 2.45) is 7.05 Å². The Kier molecular flexibility index (Phi) is 5.42. The summed E-state index contributed by atoms with van der Waals surface area (Å²) < 4.78 is 74.1. The molecule has 0 saturated carbocycles. The Bertz CT molecular complexity index is 1430. The number of benzene rings is 2. The van der Waals surface area contributed by atoms with Crippen LogP contribution in [0.4, 0.5) is 22.0 Å². The maximum Gasteiger partial charge on any atom is 0.416 e. The van der Waals surface area contributed by atoms with Crippen molar-refractivity contribution in [3.05, 3.63) is 94.4 Å². The molecule has 0 saturated heterocycles. The lowest BCUT2D eigenvalue weighted by Gasteiger charge is -2.34. The van der Waals surface area contributed by atoms with Gasteiger partial charge in [0.1, 0.15) is 11.6 Å². The largest absolute Gasteiger partial charge is 0.416 e. The van der Waals surface area contributed by atoms with E-state index in [1.54, 1.807) is 19.4 Å². The van der Waals surface area contributed by atoms with Crippen LogP contribution >= 0.6 is 0 Å². The standard InChI is InChI=1S/C24H17F5N4O2/c1-32-10-14(9-30-32)19-12-33(11-13-2-3-15(6-18(13)19)24(27,28)29)23(34)21-8-22(35-31-21)17-5-4-16(25)7-20(17)26/h2-10,19H,11-12H2,1H3. The molecule has 4 aromatic rings. The molecule has 1 atom stereocenters. The Morgan fingerprint density at radius 1 is 1.11 bits per heavy atom. The van der Waals surface area contributed by atoms with Crippen molar-refractivity contribution in [1.82, 2.24) is 19.8 Å². The van der Waals surface area contributed by atoms with Gasteiger partial charge in [-0.25, -0.2) is 8.78 Å². The predicted octanol–water partition coefficient (Wildman–Crippen LogP) is 5.16. The molecule has 0 aliphatic carbocycles. The molecule has 5 rings (SSSR count). The zero-order valence-corrected chi connectivity index (χ0v) is 18.2. The second-order valence-electron chi connectivity index (χ2n) is 8.30. The zero-order chi connectivity index (χ0) is 24.9. The first-order valence-corrected chi connectivity index (χ1v) is 10.5. The number of alkyl halides is 3. The molecule has 2 aromatic carbocycles. The number of halogens is 5. The van der Waals surface area contributed by atoms with Gasteiger partial charge in [0.25, 0.3) is 5.91 Å². The molecule has 3 heterocycles. The third-order valence-electron chi connectivity index (χ3n) is 5.95. The van der Waals surface area contributed by atoms with Crippen LogP contribution in [0.15, 0.2) is 59.4 Å². The van der Waals surface area contributed by atoms with Crippen molar-refractivity contribution >= 4 is 5.91 Å². The lowest BCUT2D eigenvalue weighted by Crippen LogP contribution is -2.39. The maximum atomic E-state index is 14.1. The first-order chi connectivity index (χ1) is 16.6. The van der Waals surface area contributed by atoms with Gasteiger partial charge in [0.2, 0.25) is 0 Å². The summed E-state index contributed by atoms with van der Waals surface area (Å²) in [7, 11) is 1.69. The highest BCUT2D eigenvalue weighted by Gasteiger charge is 2.36. The highest BCUT2D eigenvalue weighted by molar-refractivity contribution is 5.93. The molecule has 2 aromatic heterocycles. The van der Waals surface area contributed by atoms with E-state index in [2.05, 4.69) is 10.3 Å². The Labute approximate surface area is 195 Å². The van der Waals surface area contributed by atoms with Crippen molar-refractivity contribution in [1.29, 1.82) is 0 Å². The summed E-state index contributed by atoms with van der Waals surface area (Å²) in [5.74, 6) is -2.78. The van der Waals surface area contributed by atoms with E-state index < -0.39 is 35.2 Å². The van der Waals surface area contributed by atoms with Crippen LogP contribution in [0.1, 0.15) is 38.7 Å². The smallest absolute Gasteiger partial charge is 0.355 e. The van der Waals surface area contributed by atoms with Gasteiger partial charge in [-0.1, -0.05) is 11.2 Å². The van der Waals surface area contributed by atoms with Gasteiger partial charge in [-0.15, -0.1) is 0 Å². The highest BCUT2D eigenvalue weighted by Crippen LogP contribution is 2.38. The van der Waals surface area contributed by atoms with Crippen LogP contribution in [-0.4, -0.2) is 32.3 Å². The lowest BCUT2D eigenvalue weighted by molar-refractivity contribution is -0.137. The van der Waals surface area contributed by atoms with Gasteiger partial charge in [0.15, 0.2) is 11.5 Å². The van der Waals surface area contributed by atoms with E-state index >= 15 is 0 Å². The van der Waals surface area contributed by atoms with E-state index in [-0.39, 0.29) is 30.1 Å². The van der Waals surface area contributed by atoms with Crippen molar-refractivity contribution in [2.75, 3.05) is 6.54 Å². The first kappa shape index (κ1) is 22.8. The highest BCUT2D eigenvalue weighted by atomic mass is 19.4. The van der Waals surface area contributed by atoms with Gasteiger partial charge in [0.05, 0.1) is 17.3 Å². The molecular weight excluding hydrogens is 471 g/mol. The molecule has 1 unspecified atom stereocenters. The minimum absolute atomic E-state index is 0.0518. The van der Waals surface area contributed by atoms with E-state index in [0.717, 1.165) is 18.2 Å². The average Bonchev–Trinajstić information content (AvgIpc) is 3.46. The second-order valence-corrected chi connectivity index (χ2v) is 8.30. The van der Waals surface area contributed by atoms with Crippen LogP contribution < -0.4 is 0 Å². The van der Waals surface area contributed by atoms with Crippen molar-refractivity contribution < 1.29 is 31.3 Å². The number of amides is 1. The summed E-state index contributed by atoms with van der Waals surface area (Å²) in [6.45, 7) is 0.127. The van der Waals surface area contributed by atoms with E-state index in [0.29, 0.717) is 22.8 Å². The molecule has 0 radical (unpaired) electrons. The summed E-state index contributed by atoms with van der Waals surface area (Å²) in [4.78, 5) is 14.7. The molecule has 0 spiro atoms. The van der Waals surface area contributed by atoms with Crippen LogP contribution in [0.3, 0.4) is 0 Å². The molecule has 180 valence electrons. The van der Waals surface area contributed by atoms with Crippen molar-refractivity contribution in [3.63, 3.8) is 0 Å².